The van der Waals surface area contributed by atoms with E-state index in [1.54, 1.807) is 0 Å². The van der Waals surface area contributed by atoms with Crippen LogP contribution in [0.5, 0.6) is 0 Å². The van der Waals surface area contributed by atoms with Crippen molar-refractivity contribution < 1.29 is 9.58 Å². The van der Waals surface area contributed by atoms with Crippen LogP contribution >= 0.6 is 0 Å². The highest BCUT2D eigenvalue weighted by atomic mass is 16.1. The normalized spacial score (nSPS) is 11.6. The third-order valence-electron chi connectivity index (χ3n) is 2.22. The Balaban J connectivity index is 4.22. The zero-order chi connectivity index (χ0) is 11.0. The van der Waals surface area contributed by atoms with Gasteiger partial charge < -0.3 is 5.53 Å². The van der Waals surface area contributed by atoms with Gasteiger partial charge in [-0.05, 0) is 13.3 Å². The lowest BCUT2D eigenvalue weighted by Crippen LogP contribution is -2.17. The molecule has 0 bridgehead atoms. The minimum Gasteiger partial charge on any atom is -0.361 e. The Kier molecular flexibility index (Phi) is 6.59. The molecule has 3 nitrogen and oxygen atoms in total. The van der Waals surface area contributed by atoms with E-state index in [1.165, 1.54) is 0 Å². The lowest BCUT2D eigenvalue weighted by atomic mass is 9.91. The zero-order valence-corrected chi connectivity index (χ0v) is 8.99. The molecule has 3 heteroatoms. The van der Waals surface area contributed by atoms with Crippen LogP contribution in [0.1, 0.15) is 39.5 Å². The molecule has 0 saturated heterocycles. The molecule has 0 aromatic rings. The van der Waals surface area contributed by atoms with E-state index in [2.05, 4.69) is 18.3 Å². The molecule has 0 fully saturated rings. The Hall–Kier alpha value is -1.21. The highest BCUT2D eigenvalue weighted by Gasteiger charge is 2.19. The van der Waals surface area contributed by atoms with Gasteiger partial charge in [-0.25, -0.2) is 0 Å². The van der Waals surface area contributed by atoms with Crippen LogP contribution < -0.4 is 0 Å². The first kappa shape index (κ1) is 12.8. The van der Waals surface area contributed by atoms with Crippen LogP contribution in [0.25, 0.3) is 5.53 Å². The molecule has 1 unspecified atom stereocenters. The van der Waals surface area contributed by atoms with Crippen LogP contribution in [-0.2, 0) is 4.79 Å². The van der Waals surface area contributed by atoms with Crippen LogP contribution in [-0.4, -0.2) is 16.8 Å². The summed E-state index contributed by atoms with van der Waals surface area (Å²) in [6.45, 7) is 7.72. The molecule has 78 valence electrons. The van der Waals surface area contributed by atoms with Crippen LogP contribution in [0.2, 0.25) is 0 Å². The number of nitrogens with zero attached hydrogens (tertiary/aromatic N) is 2. The van der Waals surface area contributed by atoms with Crippen molar-refractivity contribution in [3.05, 3.63) is 17.7 Å². The van der Waals surface area contributed by atoms with Crippen molar-refractivity contribution in [2.75, 3.05) is 0 Å². The summed E-state index contributed by atoms with van der Waals surface area (Å²) in [6.07, 6.45) is 5.02. The zero-order valence-electron chi connectivity index (χ0n) is 8.99. The first-order valence-electron chi connectivity index (χ1n) is 5.00. The highest BCUT2D eigenvalue weighted by molar-refractivity contribution is 6.26. The van der Waals surface area contributed by atoms with Crippen molar-refractivity contribution in [2.45, 2.75) is 39.5 Å². The Morgan fingerprint density at radius 1 is 1.57 bits per heavy atom. The second-order valence-corrected chi connectivity index (χ2v) is 3.54. The van der Waals surface area contributed by atoms with Crippen LogP contribution in [0.4, 0.5) is 0 Å². The van der Waals surface area contributed by atoms with E-state index in [9.17, 15) is 4.79 Å². The number of allylic oxidation sites excluding steroid dienone is 1. The van der Waals surface area contributed by atoms with Gasteiger partial charge in [-0.1, -0.05) is 38.3 Å². The predicted molar refractivity (Wildman–Crippen MR) is 57.1 cm³/mol. The number of hydrogen-bond donors (Lipinski definition) is 0. The van der Waals surface area contributed by atoms with Gasteiger partial charge in [0.25, 0.3) is 0 Å². The molecule has 0 aliphatic carbocycles. The smallest absolute Gasteiger partial charge is 0.323 e. The standard InChI is InChI=1S/C11H18N2O/c1-4-5-6-7-10(9(2)3)11(14)8-13-12/h8,10H,2,4-7H2,1,3H3. The van der Waals surface area contributed by atoms with E-state index in [-0.39, 0.29) is 11.7 Å². The van der Waals surface area contributed by atoms with Gasteiger partial charge in [0.15, 0.2) is 0 Å². The van der Waals surface area contributed by atoms with Gasteiger partial charge in [-0.3, -0.25) is 4.79 Å². The fraction of sp³-hybridized carbons (Fsp3) is 0.636. The minimum absolute atomic E-state index is 0.156. The molecule has 1 atom stereocenters. The number of ketones is 1. The summed E-state index contributed by atoms with van der Waals surface area (Å²) in [6, 6.07) is 0. The summed E-state index contributed by atoms with van der Waals surface area (Å²) in [4.78, 5) is 14.2. The van der Waals surface area contributed by atoms with Crippen LogP contribution in [0.3, 0.4) is 0 Å². The molecule has 14 heavy (non-hydrogen) atoms. The quantitative estimate of drug-likeness (QED) is 0.202. The summed E-state index contributed by atoms with van der Waals surface area (Å²) < 4.78 is 0. The number of unbranched alkanes of at least 4 members (excludes halogenated alkanes) is 2. The van der Waals surface area contributed by atoms with Crippen molar-refractivity contribution in [3.8, 4) is 0 Å². The SMILES string of the molecule is C=C(C)C(CCCCC)C(=O)C=[N+]=[N-]. The van der Waals surface area contributed by atoms with Crippen molar-refractivity contribution in [3.63, 3.8) is 0 Å². The molecule has 0 rings (SSSR count). The van der Waals surface area contributed by atoms with Crippen molar-refractivity contribution in [1.82, 2.24) is 0 Å². The molecule has 0 heterocycles. The third-order valence-corrected chi connectivity index (χ3v) is 2.22. The van der Waals surface area contributed by atoms with E-state index in [1.807, 2.05) is 6.92 Å². The molecule has 0 aliphatic rings. The van der Waals surface area contributed by atoms with Crippen LogP contribution in [0.15, 0.2) is 12.2 Å². The van der Waals surface area contributed by atoms with Gasteiger partial charge >= 0.3 is 6.21 Å². The summed E-state index contributed by atoms with van der Waals surface area (Å²) >= 11 is 0. The van der Waals surface area contributed by atoms with E-state index in [0.717, 1.165) is 37.5 Å². The van der Waals surface area contributed by atoms with Gasteiger partial charge in [0, 0.05) is 5.92 Å². The molecule has 0 aromatic heterocycles. The molecule has 0 N–H and O–H groups in total. The largest absolute Gasteiger partial charge is 0.361 e. The van der Waals surface area contributed by atoms with Gasteiger partial charge in [-0.15, -0.1) is 0 Å². The summed E-state index contributed by atoms with van der Waals surface area (Å²) in [5.41, 5.74) is 9.10. The predicted octanol–water partition coefficient (Wildman–Crippen LogP) is 2.63. The van der Waals surface area contributed by atoms with Crippen molar-refractivity contribution in [2.24, 2.45) is 5.92 Å². The Morgan fingerprint density at radius 3 is 2.64 bits per heavy atom. The lowest BCUT2D eigenvalue weighted by molar-refractivity contribution is -0.118. The molecule has 0 aromatic carbocycles. The van der Waals surface area contributed by atoms with Crippen molar-refractivity contribution in [1.29, 1.82) is 0 Å². The lowest BCUT2D eigenvalue weighted by Gasteiger charge is -2.10. The molecule has 0 radical (unpaired) electrons. The number of Topliss-reactive ketones (excluding diaryl/α,β-unsaturated/α-hetero) is 1. The maximum Gasteiger partial charge on any atom is 0.323 e. The summed E-state index contributed by atoms with van der Waals surface area (Å²) in [5.74, 6) is -0.339. The second kappa shape index (κ2) is 7.22. The Labute approximate surface area is 85.4 Å². The maximum atomic E-state index is 11.4. The van der Waals surface area contributed by atoms with Gasteiger partial charge in [-0.2, -0.15) is 4.79 Å². The first-order valence-corrected chi connectivity index (χ1v) is 5.00. The number of rotatable bonds is 7. The fourth-order valence-electron chi connectivity index (χ4n) is 1.38. The maximum absolute atomic E-state index is 11.4. The summed E-state index contributed by atoms with van der Waals surface area (Å²) in [5, 5.41) is 0. The topological polar surface area (TPSA) is 53.5 Å². The number of carbonyl (C=O) groups excluding carboxylic acids is 1. The van der Waals surface area contributed by atoms with Gasteiger partial charge in [0.05, 0.1) is 0 Å². The van der Waals surface area contributed by atoms with E-state index in [4.69, 9.17) is 5.53 Å². The fourth-order valence-corrected chi connectivity index (χ4v) is 1.38. The third kappa shape index (κ3) is 4.73. The van der Waals surface area contributed by atoms with Gasteiger partial charge in [0.2, 0.25) is 5.78 Å². The van der Waals surface area contributed by atoms with Gasteiger partial charge in [0.1, 0.15) is 0 Å². The molecular weight excluding hydrogens is 176 g/mol. The molecule has 0 aliphatic heterocycles. The first-order chi connectivity index (χ1) is 6.63. The Bertz CT molecular complexity index is 252. The minimum atomic E-state index is -0.183. The van der Waals surface area contributed by atoms with E-state index >= 15 is 0 Å². The van der Waals surface area contributed by atoms with E-state index < -0.39 is 0 Å². The summed E-state index contributed by atoms with van der Waals surface area (Å²) in [7, 11) is 0. The molecule has 0 spiro atoms. The van der Waals surface area contributed by atoms with Crippen molar-refractivity contribution >= 4 is 12.0 Å². The average Bonchev–Trinajstić information content (AvgIpc) is 2.12. The van der Waals surface area contributed by atoms with Crippen LogP contribution in [0, 0.1) is 5.92 Å². The highest BCUT2D eigenvalue weighted by Crippen LogP contribution is 2.17. The Morgan fingerprint density at radius 2 is 2.21 bits per heavy atom. The number of hydrogen-bond acceptors (Lipinski definition) is 1. The van der Waals surface area contributed by atoms with E-state index in [0.29, 0.717) is 0 Å². The second-order valence-electron chi connectivity index (χ2n) is 3.54. The average molecular weight is 194 g/mol. The molecule has 0 saturated carbocycles. The monoisotopic (exact) mass is 194 g/mol. The number of carbonyl (C=O) groups is 1. The molecule has 0 amide bonds. The molecular formula is C11H18N2O.